The molecule has 0 unspecified atom stereocenters. The highest BCUT2D eigenvalue weighted by molar-refractivity contribution is 7.13. The average molecular weight is 400 g/mol. The number of urea groups is 1. The van der Waals surface area contributed by atoms with Crippen molar-refractivity contribution in [1.82, 2.24) is 20.4 Å². The van der Waals surface area contributed by atoms with Crippen molar-refractivity contribution in [2.75, 3.05) is 18.4 Å². The van der Waals surface area contributed by atoms with E-state index in [0.717, 1.165) is 36.4 Å². The maximum absolute atomic E-state index is 12.4. The van der Waals surface area contributed by atoms with Gasteiger partial charge in [0.05, 0.1) is 0 Å². The van der Waals surface area contributed by atoms with E-state index in [-0.39, 0.29) is 17.9 Å². The first-order chi connectivity index (χ1) is 13.7. The Morgan fingerprint density at radius 3 is 2.43 bits per heavy atom. The summed E-state index contributed by atoms with van der Waals surface area (Å²) in [6, 6.07) is 9.73. The number of rotatable bonds is 4. The second-order valence-electron chi connectivity index (χ2n) is 7.46. The molecule has 1 aromatic carbocycles. The molecule has 7 nitrogen and oxygen atoms in total. The average Bonchev–Trinajstić information content (AvgIpc) is 3.41. The van der Waals surface area contributed by atoms with Crippen LogP contribution in [0.4, 0.5) is 10.5 Å². The van der Waals surface area contributed by atoms with E-state index >= 15 is 0 Å². The van der Waals surface area contributed by atoms with Crippen LogP contribution in [0.5, 0.6) is 0 Å². The minimum Gasteiger partial charge on any atom is -0.335 e. The maximum atomic E-state index is 12.4. The van der Waals surface area contributed by atoms with Crippen LogP contribution in [0.25, 0.3) is 0 Å². The maximum Gasteiger partial charge on any atom is 0.317 e. The molecular weight excluding hydrogens is 374 g/mol. The van der Waals surface area contributed by atoms with Crippen molar-refractivity contribution in [2.45, 2.75) is 50.5 Å². The Kier molecular flexibility index (Phi) is 5.85. The summed E-state index contributed by atoms with van der Waals surface area (Å²) < 4.78 is 0. The number of aromatic nitrogens is 2. The monoisotopic (exact) mass is 399 g/mol. The van der Waals surface area contributed by atoms with Gasteiger partial charge < -0.3 is 15.5 Å². The van der Waals surface area contributed by atoms with Gasteiger partial charge in [-0.25, -0.2) is 4.79 Å². The molecule has 1 saturated carbocycles. The van der Waals surface area contributed by atoms with Crippen molar-refractivity contribution < 1.29 is 9.59 Å². The molecule has 4 rings (SSSR count). The van der Waals surface area contributed by atoms with Crippen molar-refractivity contribution >= 4 is 29.0 Å². The summed E-state index contributed by atoms with van der Waals surface area (Å²) >= 11 is 1.35. The summed E-state index contributed by atoms with van der Waals surface area (Å²) in [7, 11) is 0. The molecule has 1 aliphatic heterocycles. The van der Waals surface area contributed by atoms with Crippen LogP contribution in [0.3, 0.4) is 0 Å². The molecule has 148 valence electrons. The number of carbonyl (C=O) groups is 2. The zero-order chi connectivity index (χ0) is 19.3. The predicted octanol–water partition coefficient (Wildman–Crippen LogP) is 3.62. The second kappa shape index (κ2) is 8.68. The minimum atomic E-state index is -0.233. The highest BCUT2D eigenvalue weighted by atomic mass is 32.1. The molecule has 0 spiro atoms. The summed E-state index contributed by atoms with van der Waals surface area (Å²) in [5.74, 6) is 0.0228. The van der Waals surface area contributed by atoms with Crippen LogP contribution >= 0.6 is 11.3 Å². The van der Waals surface area contributed by atoms with Crippen molar-refractivity contribution in [3.8, 4) is 0 Å². The predicted molar refractivity (Wildman–Crippen MR) is 109 cm³/mol. The van der Waals surface area contributed by atoms with Crippen molar-refractivity contribution in [2.24, 2.45) is 0 Å². The molecule has 28 heavy (non-hydrogen) atoms. The van der Waals surface area contributed by atoms with E-state index in [2.05, 4.69) is 20.8 Å². The zero-order valence-electron chi connectivity index (χ0n) is 15.8. The third kappa shape index (κ3) is 4.49. The molecule has 0 bridgehead atoms. The molecule has 2 heterocycles. The second-order valence-corrected chi connectivity index (χ2v) is 8.47. The molecule has 3 amide bonds. The van der Waals surface area contributed by atoms with Gasteiger partial charge in [0.1, 0.15) is 5.01 Å². The van der Waals surface area contributed by atoms with Crippen LogP contribution < -0.4 is 10.6 Å². The summed E-state index contributed by atoms with van der Waals surface area (Å²) in [6.07, 6.45) is 6.33. The van der Waals surface area contributed by atoms with E-state index in [4.69, 9.17) is 0 Å². The molecule has 0 radical (unpaired) electrons. The fourth-order valence-corrected chi connectivity index (χ4v) is 4.77. The number of nitrogens with zero attached hydrogens (tertiary/aromatic N) is 3. The van der Waals surface area contributed by atoms with E-state index in [0.29, 0.717) is 24.1 Å². The zero-order valence-corrected chi connectivity index (χ0v) is 16.6. The fraction of sp³-hybridized carbons (Fsp3) is 0.500. The molecule has 0 atom stereocenters. The first-order valence-corrected chi connectivity index (χ1v) is 10.8. The van der Waals surface area contributed by atoms with E-state index < -0.39 is 0 Å². The van der Waals surface area contributed by atoms with Gasteiger partial charge in [-0.3, -0.25) is 4.79 Å². The Balaban J connectivity index is 1.29. The topological polar surface area (TPSA) is 87.2 Å². The van der Waals surface area contributed by atoms with Crippen LogP contribution in [-0.2, 0) is 0 Å². The SMILES string of the molecule is O=C(Nc1ccccc1)c1nnc(C2CCN(C(=O)NC3CCCC3)CC2)s1. The standard InChI is InChI=1S/C20H25N5O2S/c26-17(21-15-6-2-1-3-7-15)19-24-23-18(28-19)14-10-12-25(13-11-14)20(27)22-16-8-4-5-9-16/h1-3,6-7,14,16H,4-5,8-13H2,(H,21,26)(H,22,27). The van der Waals surface area contributed by atoms with Gasteiger partial charge in [0, 0.05) is 30.7 Å². The number of anilines is 1. The smallest absolute Gasteiger partial charge is 0.317 e. The summed E-state index contributed by atoms with van der Waals surface area (Å²) in [4.78, 5) is 26.7. The lowest BCUT2D eigenvalue weighted by Crippen LogP contribution is -2.47. The Bertz CT molecular complexity index is 811. The quantitative estimate of drug-likeness (QED) is 0.822. The van der Waals surface area contributed by atoms with Crippen LogP contribution in [0.2, 0.25) is 0 Å². The van der Waals surface area contributed by atoms with Crippen LogP contribution in [0, 0.1) is 0 Å². The first-order valence-electron chi connectivity index (χ1n) is 9.94. The van der Waals surface area contributed by atoms with Crippen molar-refractivity contribution in [3.63, 3.8) is 0 Å². The van der Waals surface area contributed by atoms with Gasteiger partial charge in [-0.2, -0.15) is 0 Å². The van der Waals surface area contributed by atoms with Gasteiger partial charge in [0.15, 0.2) is 0 Å². The molecule has 1 saturated heterocycles. The minimum absolute atomic E-state index is 0.0607. The molecule has 2 N–H and O–H groups in total. The molecular formula is C20H25N5O2S. The number of piperidine rings is 1. The number of amides is 3. The van der Waals surface area contributed by atoms with Gasteiger partial charge in [-0.15, -0.1) is 10.2 Å². The van der Waals surface area contributed by atoms with Gasteiger partial charge in [0.25, 0.3) is 5.91 Å². The van der Waals surface area contributed by atoms with Crippen molar-refractivity contribution in [3.05, 3.63) is 40.3 Å². The number of benzene rings is 1. The van der Waals surface area contributed by atoms with Crippen LogP contribution in [-0.4, -0.2) is 46.2 Å². The van der Waals surface area contributed by atoms with Crippen LogP contribution in [0.15, 0.2) is 30.3 Å². The molecule has 1 aliphatic carbocycles. The van der Waals surface area contributed by atoms with E-state index in [1.165, 1.54) is 24.2 Å². The lowest BCUT2D eigenvalue weighted by molar-refractivity contribution is 0.102. The normalized spacial score (nSPS) is 18.2. The van der Waals surface area contributed by atoms with Gasteiger partial charge in [-0.05, 0) is 37.8 Å². The summed E-state index contributed by atoms with van der Waals surface area (Å²) in [5.41, 5.74) is 0.742. The number of hydrogen-bond acceptors (Lipinski definition) is 5. The molecule has 2 aromatic rings. The number of para-hydroxylation sites is 1. The van der Waals surface area contributed by atoms with E-state index in [1.807, 2.05) is 35.2 Å². The first kappa shape index (κ1) is 18.9. The highest BCUT2D eigenvalue weighted by Gasteiger charge is 2.28. The van der Waals surface area contributed by atoms with Crippen molar-refractivity contribution in [1.29, 1.82) is 0 Å². The number of hydrogen-bond donors (Lipinski definition) is 2. The largest absolute Gasteiger partial charge is 0.335 e. The third-order valence-corrected chi connectivity index (χ3v) is 6.57. The molecule has 8 heteroatoms. The van der Waals surface area contributed by atoms with E-state index in [9.17, 15) is 9.59 Å². The Morgan fingerprint density at radius 1 is 1.00 bits per heavy atom. The number of nitrogens with one attached hydrogen (secondary N) is 2. The third-order valence-electron chi connectivity index (χ3n) is 5.48. The van der Waals surface area contributed by atoms with Gasteiger partial charge >= 0.3 is 6.03 Å². The molecule has 2 aliphatic rings. The Labute approximate surface area is 168 Å². The highest BCUT2D eigenvalue weighted by Crippen LogP contribution is 2.30. The molecule has 1 aromatic heterocycles. The summed E-state index contributed by atoms with van der Waals surface area (Å²) in [6.45, 7) is 1.43. The Morgan fingerprint density at radius 2 is 1.71 bits per heavy atom. The molecule has 2 fully saturated rings. The lowest BCUT2D eigenvalue weighted by Gasteiger charge is -2.31. The lowest BCUT2D eigenvalue weighted by atomic mass is 9.98. The number of likely N-dealkylation sites (tertiary alicyclic amines) is 1. The fourth-order valence-electron chi connectivity index (χ4n) is 3.86. The van der Waals surface area contributed by atoms with Gasteiger partial charge in [0.2, 0.25) is 5.01 Å². The van der Waals surface area contributed by atoms with Gasteiger partial charge in [-0.1, -0.05) is 42.4 Å². The van der Waals surface area contributed by atoms with E-state index in [1.54, 1.807) is 0 Å². The summed E-state index contributed by atoms with van der Waals surface area (Å²) in [5, 5.41) is 15.6. The Hall–Kier alpha value is -2.48. The van der Waals surface area contributed by atoms with Crippen LogP contribution in [0.1, 0.15) is 59.3 Å². The number of carbonyl (C=O) groups excluding carboxylic acids is 2.